The molecule has 0 heterocycles. The molecule has 1 aromatic rings. The van der Waals surface area contributed by atoms with Gasteiger partial charge >= 0.3 is 0 Å². The van der Waals surface area contributed by atoms with Crippen LogP contribution in [-0.4, -0.2) is 0 Å². The van der Waals surface area contributed by atoms with Crippen molar-refractivity contribution in [1.29, 1.82) is 0 Å². The highest BCUT2D eigenvalue weighted by Crippen LogP contribution is 2.42. The van der Waals surface area contributed by atoms with Crippen molar-refractivity contribution in [3.63, 3.8) is 0 Å². The molecule has 0 unspecified atom stereocenters. The molecule has 0 aliphatic heterocycles. The molecule has 1 saturated carbocycles. The lowest BCUT2D eigenvalue weighted by atomic mass is 9.89. The van der Waals surface area contributed by atoms with Gasteiger partial charge in [0.1, 0.15) is 5.82 Å². The molecule has 15 heavy (non-hydrogen) atoms. The first-order valence-electron chi connectivity index (χ1n) is 4.97. The van der Waals surface area contributed by atoms with Crippen molar-refractivity contribution in [1.82, 2.24) is 0 Å². The molecule has 0 atom stereocenters. The molecule has 0 aromatic heterocycles. The van der Waals surface area contributed by atoms with Crippen LogP contribution in [0.5, 0.6) is 0 Å². The zero-order valence-electron chi connectivity index (χ0n) is 8.19. The van der Waals surface area contributed by atoms with E-state index in [0.29, 0.717) is 10.6 Å². The van der Waals surface area contributed by atoms with E-state index in [-0.39, 0.29) is 5.02 Å². The molecule has 82 valence electrons. The van der Waals surface area contributed by atoms with Gasteiger partial charge in [-0.3, -0.25) is 0 Å². The Bertz CT molecular complexity index is 386. The Morgan fingerprint density at radius 3 is 2.27 bits per heavy atom. The largest absolute Gasteiger partial charge is 0.321 e. The van der Waals surface area contributed by atoms with Crippen LogP contribution in [0.4, 0.5) is 4.39 Å². The topological polar surface area (TPSA) is 26.0 Å². The smallest absolute Gasteiger partial charge is 0.148 e. The van der Waals surface area contributed by atoms with E-state index in [2.05, 4.69) is 0 Å². The fourth-order valence-corrected chi connectivity index (χ4v) is 2.73. The molecule has 0 radical (unpaired) electrons. The molecule has 4 heteroatoms. The van der Waals surface area contributed by atoms with E-state index in [1.165, 1.54) is 6.07 Å². The monoisotopic (exact) mass is 247 g/mol. The Morgan fingerprint density at radius 2 is 1.67 bits per heavy atom. The highest BCUT2D eigenvalue weighted by Gasteiger charge is 2.36. The van der Waals surface area contributed by atoms with E-state index in [9.17, 15) is 4.39 Å². The van der Waals surface area contributed by atoms with Gasteiger partial charge in [-0.05, 0) is 25.0 Å². The molecule has 0 bridgehead atoms. The third-order valence-corrected chi connectivity index (χ3v) is 3.64. The van der Waals surface area contributed by atoms with Crippen LogP contribution in [-0.2, 0) is 5.54 Å². The van der Waals surface area contributed by atoms with Crippen LogP contribution in [0.15, 0.2) is 12.1 Å². The molecular formula is C11H12Cl2FN. The highest BCUT2D eigenvalue weighted by atomic mass is 35.5. The van der Waals surface area contributed by atoms with E-state index in [0.717, 1.165) is 25.7 Å². The van der Waals surface area contributed by atoms with Crippen LogP contribution in [0.1, 0.15) is 31.2 Å². The molecule has 0 amide bonds. The molecule has 1 aromatic carbocycles. The maximum Gasteiger partial charge on any atom is 0.148 e. The lowest BCUT2D eigenvalue weighted by Crippen LogP contribution is -2.34. The van der Waals surface area contributed by atoms with Crippen molar-refractivity contribution in [2.75, 3.05) is 0 Å². The Balaban J connectivity index is 2.55. The molecular weight excluding hydrogens is 236 g/mol. The van der Waals surface area contributed by atoms with Crippen LogP contribution >= 0.6 is 23.2 Å². The maximum absolute atomic E-state index is 13.9. The first-order valence-corrected chi connectivity index (χ1v) is 5.73. The maximum atomic E-state index is 13.9. The van der Waals surface area contributed by atoms with Gasteiger partial charge in [0.2, 0.25) is 0 Å². The standard InChI is InChI=1S/C11H12Cl2FN/c12-7-3-4-8(13)10(14)9(7)11(15)5-1-2-6-11/h3-4H,1-2,5-6,15H2. The SMILES string of the molecule is NC1(c2c(Cl)ccc(Cl)c2F)CCCC1. The Labute approximate surface area is 98.4 Å². The second kappa shape index (κ2) is 3.93. The lowest BCUT2D eigenvalue weighted by Gasteiger charge is -2.26. The number of halogens is 3. The van der Waals surface area contributed by atoms with E-state index < -0.39 is 11.4 Å². The molecule has 2 rings (SSSR count). The molecule has 0 saturated heterocycles. The van der Waals surface area contributed by atoms with Gasteiger partial charge in [0.05, 0.1) is 5.02 Å². The zero-order valence-corrected chi connectivity index (χ0v) is 9.71. The minimum absolute atomic E-state index is 0.0890. The lowest BCUT2D eigenvalue weighted by molar-refractivity contribution is 0.433. The van der Waals surface area contributed by atoms with Gasteiger partial charge in [0, 0.05) is 16.1 Å². The van der Waals surface area contributed by atoms with Crippen LogP contribution in [0.2, 0.25) is 10.0 Å². The van der Waals surface area contributed by atoms with E-state index in [4.69, 9.17) is 28.9 Å². The summed E-state index contributed by atoms with van der Waals surface area (Å²) in [5, 5.41) is 0.465. The Hall–Kier alpha value is -0.310. The fraction of sp³-hybridized carbons (Fsp3) is 0.455. The second-order valence-electron chi connectivity index (χ2n) is 4.08. The number of hydrogen-bond acceptors (Lipinski definition) is 1. The minimum Gasteiger partial charge on any atom is -0.321 e. The van der Waals surface area contributed by atoms with E-state index in [1.807, 2.05) is 0 Å². The summed E-state index contributed by atoms with van der Waals surface area (Å²) in [6.45, 7) is 0. The van der Waals surface area contributed by atoms with Crippen molar-refractivity contribution in [2.24, 2.45) is 5.73 Å². The summed E-state index contributed by atoms with van der Waals surface area (Å²) in [5.41, 5.74) is 5.92. The van der Waals surface area contributed by atoms with Crippen LogP contribution in [0, 0.1) is 5.82 Å². The first kappa shape index (κ1) is 11.2. The summed E-state index contributed by atoms with van der Waals surface area (Å²) in [7, 11) is 0. The van der Waals surface area contributed by atoms with Gasteiger partial charge in [-0.1, -0.05) is 36.0 Å². The van der Waals surface area contributed by atoms with Crippen molar-refractivity contribution >= 4 is 23.2 Å². The zero-order chi connectivity index (χ0) is 11.1. The summed E-state index contributed by atoms with van der Waals surface area (Å²) in [6.07, 6.45) is 3.56. The third kappa shape index (κ3) is 1.86. The van der Waals surface area contributed by atoms with Gasteiger partial charge in [-0.15, -0.1) is 0 Å². The fourth-order valence-electron chi connectivity index (χ4n) is 2.24. The van der Waals surface area contributed by atoms with Crippen molar-refractivity contribution in [3.05, 3.63) is 33.6 Å². The number of nitrogens with two attached hydrogens (primary N) is 1. The van der Waals surface area contributed by atoms with Gasteiger partial charge in [-0.25, -0.2) is 4.39 Å². The second-order valence-corrected chi connectivity index (χ2v) is 4.90. The summed E-state index contributed by atoms with van der Waals surface area (Å²) in [4.78, 5) is 0. The van der Waals surface area contributed by atoms with Gasteiger partial charge in [0.15, 0.2) is 0 Å². The Morgan fingerprint density at radius 1 is 1.13 bits per heavy atom. The van der Waals surface area contributed by atoms with Gasteiger partial charge in [-0.2, -0.15) is 0 Å². The summed E-state index contributed by atoms with van der Waals surface area (Å²) in [5.74, 6) is -0.464. The molecule has 0 spiro atoms. The summed E-state index contributed by atoms with van der Waals surface area (Å²) >= 11 is 11.7. The summed E-state index contributed by atoms with van der Waals surface area (Å²) in [6, 6.07) is 3.07. The quantitative estimate of drug-likeness (QED) is 0.750. The van der Waals surface area contributed by atoms with E-state index in [1.54, 1.807) is 6.07 Å². The summed E-state index contributed by atoms with van der Waals surface area (Å²) < 4.78 is 13.9. The number of hydrogen-bond donors (Lipinski definition) is 1. The highest BCUT2D eigenvalue weighted by molar-refractivity contribution is 6.33. The molecule has 1 fully saturated rings. The van der Waals surface area contributed by atoms with Crippen LogP contribution < -0.4 is 5.73 Å². The molecule has 1 aliphatic rings. The third-order valence-electron chi connectivity index (χ3n) is 3.04. The predicted molar refractivity (Wildman–Crippen MR) is 60.8 cm³/mol. The van der Waals surface area contributed by atoms with Crippen molar-refractivity contribution < 1.29 is 4.39 Å². The minimum atomic E-state index is -0.633. The molecule has 1 aliphatic carbocycles. The van der Waals surface area contributed by atoms with Gasteiger partial charge < -0.3 is 5.73 Å². The molecule has 1 nitrogen and oxygen atoms in total. The normalized spacial score (nSPS) is 19.5. The molecule has 2 N–H and O–H groups in total. The van der Waals surface area contributed by atoms with Crippen LogP contribution in [0.3, 0.4) is 0 Å². The number of benzene rings is 1. The predicted octanol–water partition coefficient (Wildman–Crippen LogP) is 3.86. The average Bonchev–Trinajstić information content (AvgIpc) is 2.60. The first-order chi connectivity index (χ1) is 7.04. The average molecular weight is 248 g/mol. The number of rotatable bonds is 1. The van der Waals surface area contributed by atoms with Crippen molar-refractivity contribution in [3.8, 4) is 0 Å². The van der Waals surface area contributed by atoms with Gasteiger partial charge in [0.25, 0.3) is 0 Å². The van der Waals surface area contributed by atoms with Crippen LogP contribution in [0.25, 0.3) is 0 Å². The Kier molecular flexibility index (Phi) is 2.93. The van der Waals surface area contributed by atoms with E-state index >= 15 is 0 Å². The van der Waals surface area contributed by atoms with Crippen molar-refractivity contribution in [2.45, 2.75) is 31.2 Å².